The van der Waals surface area contributed by atoms with Gasteiger partial charge in [-0.05, 0) is 5.32 Å². The Morgan fingerprint density at radius 3 is 2.33 bits per heavy atom. The van der Waals surface area contributed by atoms with Gasteiger partial charge in [0.15, 0.2) is 0 Å². The normalized spacial score (nSPS) is 10.7. The number of rotatable bonds is 1. The maximum Gasteiger partial charge on any atom is 1.00 e. The summed E-state index contributed by atoms with van der Waals surface area (Å²) >= 11 is 0. The van der Waals surface area contributed by atoms with Crippen molar-refractivity contribution < 1.29 is 23.3 Å². The molecule has 0 aliphatic heterocycles. The number of hydrogen-bond donors (Lipinski definition) is 0. The zero-order chi connectivity index (χ0) is 8.48. The molecule has 0 saturated heterocycles. The molecule has 0 aliphatic carbocycles. The Morgan fingerprint density at radius 1 is 1.42 bits per heavy atom. The van der Waals surface area contributed by atoms with Gasteiger partial charge in [-0.25, -0.2) is 4.39 Å². The molecule has 1 rings (SSSR count). The number of aromatic nitrogens is 1. The molecule has 0 aliphatic rings. The van der Waals surface area contributed by atoms with Crippen LogP contribution in [0.1, 0.15) is 0 Å². The van der Waals surface area contributed by atoms with Gasteiger partial charge in [-0.1, -0.05) is 25.8 Å². The summed E-state index contributed by atoms with van der Waals surface area (Å²) in [6.07, 6.45) is 1.59. The fraction of sp³-hybridized carbons (Fsp3) is 0.375. The molecule has 0 N–H and O–H groups in total. The summed E-state index contributed by atoms with van der Waals surface area (Å²) in [6, 6.07) is 4.01. The van der Waals surface area contributed by atoms with Gasteiger partial charge in [-0.15, -0.1) is 6.07 Å². The summed E-state index contributed by atoms with van der Waals surface area (Å²) in [5, 5.41) is 0.611. The average molecular weight is 175 g/mol. The third kappa shape index (κ3) is 2.74. The minimum Gasteiger partial charge on any atom is -0.387 e. The first-order valence-electron chi connectivity index (χ1n) is 3.54. The Kier molecular flexibility index (Phi) is 4.18. The first kappa shape index (κ1) is 11.9. The fourth-order valence-electron chi connectivity index (χ4n) is 0.870. The van der Waals surface area contributed by atoms with Gasteiger partial charge < -0.3 is 4.98 Å². The molecule has 4 heteroatoms. The van der Waals surface area contributed by atoms with Gasteiger partial charge in [0.2, 0.25) is 0 Å². The Balaban J connectivity index is 0.00000121. The van der Waals surface area contributed by atoms with Crippen LogP contribution in [0.15, 0.2) is 12.3 Å². The monoisotopic (exact) mass is 175 g/mol. The number of pyridine rings is 1. The van der Waals surface area contributed by atoms with Crippen LogP contribution in [0.25, 0.3) is 0 Å². The van der Waals surface area contributed by atoms with E-state index in [9.17, 15) is 4.39 Å². The van der Waals surface area contributed by atoms with Crippen LogP contribution in [0.5, 0.6) is 0 Å². The van der Waals surface area contributed by atoms with Gasteiger partial charge >= 0.3 is 18.9 Å². The van der Waals surface area contributed by atoms with Crippen molar-refractivity contribution in [1.29, 1.82) is 0 Å². The van der Waals surface area contributed by atoms with Crippen molar-refractivity contribution in [3.8, 4) is 0 Å². The van der Waals surface area contributed by atoms with E-state index >= 15 is 0 Å². The van der Waals surface area contributed by atoms with E-state index in [2.05, 4.69) is 30.7 Å². The molecule has 0 spiro atoms. The van der Waals surface area contributed by atoms with E-state index in [4.69, 9.17) is 0 Å². The molecule has 0 saturated carbocycles. The van der Waals surface area contributed by atoms with E-state index in [1.807, 2.05) is 0 Å². The zero-order valence-corrected chi connectivity index (χ0v) is 8.98. The van der Waals surface area contributed by atoms with Gasteiger partial charge in [-0.2, -0.15) is 6.07 Å². The van der Waals surface area contributed by atoms with Crippen molar-refractivity contribution in [1.82, 2.24) is 4.98 Å². The minimum absolute atomic E-state index is 0. The molecule has 1 heterocycles. The van der Waals surface area contributed by atoms with Crippen LogP contribution in [-0.2, 0) is 0 Å². The van der Waals surface area contributed by atoms with Crippen LogP contribution in [0.3, 0.4) is 0 Å². The molecule has 0 fully saturated rings. The van der Waals surface area contributed by atoms with Gasteiger partial charge in [0.05, 0.1) is 0 Å². The summed E-state index contributed by atoms with van der Waals surface area (Å²) in [4.78, 5) is 4.01. The summed E-state index contributed by atoms with van der Waals surface area (Å²) in [6.45, 7) is 6.19. The van der Waals surface area contributed by atoms with Crippen molar-refractivity contribution in [2.45, 2.75) is 19.6 Å². The third-order valence-electron chi connectivity index (χ3n) is 1.41. The molecule has 1 aromatic heterocycles. The summed E-state index contributed by atoms with van der Waals surface area (Å²) in [5.41, 5.74) is 0. The van der Waals surface area contributed by atoms with E-state index in [0.29, 0.717) is 5.32 Å². The molecule has 0 amide bonds. The predicted molar refractivity (Wildman–Crippen MR) is 46.0 cm³/mol. The quantitative estimate of drug-likeness (QED) is 0.377. The molecule has 0 radical (unpaired) electrons. The SMILES string of the molecule is C[Si](C)(C)c1ncc[c-]c1F.[Li+]. The Labute approximate surface area is 85.6 Å². The van der Waals surface area contributed by atoms with Gasteiger partial charge in [0.1, 0.15) is 0 Å². The van der Waals surface area contributed by atoms with Crippen LogP contribution < -0.4 is 24.2 Å². The van der Waals surface area contributed by atoms with Crippen LogP contribution in [0.2, 0.25) is 19.6 Å². The summed E-state index contributed by atoms with van der Waals surface area (Å²) in [5.74, 6) is -0.285. The van der Waals surface area contributed by atoms with Crippen molar-refractivity contribution in [3.63, 3.8) is 0 Å². The van der Waals surface area contributed by atoms with Gasteiger partial charge in [0, 0.05) is 13.9 Å². The van der Waals surface area contributed by atoms with Crippen LogP contribution >= 0.6 is 0 Å². The second-order valence-electron chi connectivity index (χ2n) is 3.50. The van der Waals surface area contributed by atoms with E-state index < -0.39 is 8.07 Å². The van der Waals surface area contributed by atoms with E-state index in [0.717, 1.165) is 0 Å². The van der Waals surface area contributed by atoms with Crippen molar-refractivity contribution in [2.24, 2.45) is 0 Å². The third-order valence-corrected chi connectivity index (χ3v) is 3.18. The standard InChI is InChI=1S/C8H11FNSi.Li/c1-11(2,3)8-7(9)5-4-6-10-8;/h4,6H,1-3H3;/q-1;+1. The zero-order valence-electron chi connectivity index (χ0n) is 7.98. The van der Waals surface area contributed by atoms with Crippen LogP contribution in [-0.4, -0.2) is 13.1 Å². The molecule has 0 atom stereocenters. The molecule has 0 unspecified atom stereocenters. The minimum atomic E-state index is -1.60. The fourth-order valence-corrected chi connectivity index (χ4v) is 2.06. The van der Waals surface area contributed by atoms with Crippen molar-refractivity contribution in [3.05, 3.63) is 24.1 Å². The van der Waals surface area contributed by atoms with Crippen molar-refractivity contribution >= 4 is 13.4 Å². The molecule has 0 bridgehead atoms. The van der Waals surface area contributed by atoms with E-state index in [1.165, 1.54) is 6.07 Å². The smallest absolute Gasteiger partial charge is 0.387 e. The average Bonchev–Trinajstić information content (AvgIpc) is 1.86. The number of nitrogens with zero attached hydrogens (tertiary/aromatic N) is 1. The predicted octanol–water partition coefficient (Wildman–Crippen LogP) is -1.43. The number of halogens is 1. The molecule has 1 nitrogen and oxygen atoms in total. The summed E-state index contributed by atoms with van der Waals surface area (Å²) in [7, 11) is -1.60. The first-order valence-corrected chi connectivity index (χ1v) is 7.04. The second-order valence-corrected chi connectivity index (χ2v) is 8.48. The number of hydrogen-bond acceptors (Lipinski definition) is 1. The van der Waals surface area contributed by atoms with E-state index in [1.54, 1.807) is 6.20 Å². The van der Waals surface area contributed by atoms with Gasteiger partial charge in [0.25, 0.3) is 0 Å². The molecular formula is C8H11FLiNSi. The van der Waals surface area contributed by atoms with E-state index in [-0.39, 0.29) is 24.7 Å². The second kappa shape index (κ2) is 4.22. The van der Waals surface area contributed by atoms with Crippen molar-refractivity contribution in [2.75, 3.05) is 0 Å². The first-order chi connectivity index (χ1) is 5.02. The molecular weight excluding hydrogens is 164 g/mol. The Morgan fingerprint density at radius 2 is 2.00 bits per heavy atom. The molecule has 12 heavy (non-hydrogen) atoms. The van der Waals surface area contributed by atoms with Crippen LogP contribution in [0, 0.1) is 11.9 Å². The maximum absolute atomic E-state index is 13.0. The molecule has 60 valence electrons. The molecule has 1 aromatic rings. The largest absolute Gasteiger partial charge is 1.00 e. The Hall–Kier alpha value is -0.106. The maximum atomic E-state index is 13.0. The van der Waals surface area contributed by atoms with Gasteiger partial charge in [-0.3, -0.25) is 0 Å². The topological polar surface area (TPSA) is 12.9 Å². The summed E-state index contributed by atoms with van der Waals surface area (Å²) < 4.78 is 13.0. The molecule has 0 aromatic carbocycles. The van der Waals surface area contributed by atoms with Crippen LogP contribution in [0.4, 0.5) is 4.39 Å². The Bertz CT molecular complexity index is 259.